The average molecular weight is 398 g/mol. The molecular weight excluding hydrogens is 374 g/mol. The van der Waals surface area contributed by atoms with Gasteiger partial charge in [0.25, 0.3) is 5.91 Å². The zero-order chi connectivity index (χ0) is 19.9. The van der Waals surface area contributed by atoms with Gasteiger partial charge in [0.05, 0.1) is 17.9 Å². The van der Waals surface area contributed by atoms with E-state index in [1.54, 1.807) is 22.9 Å². The predicted octanol–water partition coefficient (Wildman–Crippen LogP) is 3.13. The molecule has 28 heavy (non-hydrogen) atoms. The summed E-state index contributed by atoms with van der Waals surface area (Å²) in [7, 11) is 0. The highest BCUT2D eigenvalue weighted by Gasteiger charge is 2.21. The van der Waals surface area contributed by atoms with E-state index in [-0.39, 0.29) is 12.5 Å². The van der Waals surface area contributed by atoms with Crippen LogP contribution in [0.1, 0.15) is 32.2 Å². The first-order chi connectivity index (χ1) is 13.5. The zero-order valence-corrected chi connectivity index (χ0v) is 16.8. The van der Waals surface area contributed by atoms with Crippen molar-refractivity contribution < 1.29 is 14.3 Å². The second-order valence-corrected chi connectivity index (χ2v) is 7.48. The number of amides is 1. The standard InChI is InChI=1S/C21H23N3O3S/c1-15-20(16(2)24(23-15)13-17-7-4-3-5-8-17)21(26)27-14-19(25)22-11-10-18-9-6-12-28-18/h3-9,12H,10-11,13-14H2,1-2H3,(H,22,25). The van der Waals surface area contributed by atoms with Crippen LogP contribution in [0.5, 0.6) is 0 Å². The second-order valence-electron chi connectivity index (χ2n) is 6.44. The third-order valence-electron chi connectivity index (χ3n) is 4.37. The van der Waals surface area contributed by atoms with Gasteiger partial charge in [-0.15, -0.1) is 11.3 Å². The number of aryl methyl sites for hydroxylation is 1. The Balaban J connectivity index is 1.53. The molecule has 0 saturated carbocycles. The van der Waals surface area contributed by atoms with Crippen LogP contribution < -0.4 is 5.32 Å². The highest BCUT2D eigenvalue weighted by atomic mass is 32.1. The SMILES string of the molecule is Cc1nn(Cc2ccccc2)c(C)c1C(=O)OCC(=O)NCCc1cccs1. The van der Waals surface area contributed by atoms with Crippen LogP contribution in [0.3, 0.4) is 0 Å². The van der Waals surface area contributed by atoms with Gasteiger partial charge in [0, 0.05) is 11.4 Å². The number of thiophene rings is 1. The highest BCUT2D eigenvalue weighted by molar-refractivity contribution is 7.09. The number of hydrogen-bond acceptors (Lipinski definition) is 5. The number of aromatic nitrogens is 2. The maximum absolute atomic E-state index is 12.5. The van der Waals surface area contributed by atoms with Gasteiger partial charge >= 0.3 is 5.97 Å². The summed E-state index contributed by atoms with van der Waals surface area (Å²) in [5.74, 6) is -0.834. The molecule has 6 nitrogen and oxygen atoms in total. The Morgan fingerprint density at radius 3 is 2.64 bits per heavy atom. The van der Waals surface area contributed by atoms with Gasteiger partial charge < -0.3 is 10.1 Å². The molecule has 0 bridgehead atoms. The number of rotatable bonds is 8. The Morgan fingerprint density at radius 1 is 1.14 bits per heavy atom. The molecule has 1 N–H and O–H groups in total. The number of carbonyl (C=O) groups is 2. The van der Waals surface area contributed by atoms with Gasteiger partial charge in [-0.2, -0.15) is 5.10 Å². The molecule has 2 aromatic heterocycles. The maximum atomic E-state index is 12.5. The monoisotopic (exact) mass is 397 g/mol. The summed E-state index contributed by atoms with van der Waals surface area (Å²) in [6.45, 7) is 4.40. The lowest BCUT2D eigenvalue weighted by Gasteiger charge is -2.07. The Morgan fingerprint density at radius 2 is 1.93 bits per heavy atom. The van der Waals surface area contributed by atoms with E-state index < -0.39 is 5.97 Å². The molecule has 0 spiro atoms. The molecule has 0 radical (unpaired) electrons. The van der Waals surface area contributed by atoms with Gasteiger partial charge in [0.2, 0.25) is 0 Å². The molecule has 0 aliphatic carbocycles. The lowest BCUT2D eigenvalue weighted by molar-refractivity contribution is -0.124. The Bertz CT molecular complexity index is 933. The third kappa shape index (κ3) is 5.07. The summed E-state index contributed by atoms with van der Waals surface area (Å²) in [6, 6.07) is 13.9. The van der Waals surface area contributed by atoms with E-state index >= 15 is 0 Å². The van der Waals surface area contributed by atoms with E-state index in [1.807, 2.05) is 54.8 Å². The van der Waals surface area contributed by atoms with Crippen molar-refractivity contribution in [3.8, 4) is 0 Å². The van der Waals surface area contributed by atoms with Crippen molar-refractivity contribution >= 4 is 23.2 Å². The summed E-state index contributed by atoms with van der Waals surface area (Å²) in [6.07, 6.45) is 0.766. The molecule has 7 heteroatoms. The number of hydrogen-bond donors (Lipinski definition) is 1. The average Bonchev–Trinajstić information content (AvgIpc) is 3.29. The quantitative estimate of drug-likeness (QED) is 0.593. The second kappa shape index (κ2) is 9.32. The van der Waals surface area contributed by atoms with Crippen LogP contribution in [-0.4, -0.2) is 34.8 Å². The number of esters is 1. The molecule has 0 fully saturated rings. The van der Waals surface area contributed by atoms with E-state index in [1.165, 1.54) is 4.88 Å². The molecule has 1 aromatic carbocycles. The van der Waals surface area contributed by atoms with Crippen molar-refractivity contribution in [2.45, 2.75) is 26.8 Å². The summed E-state index contributed by atoms with van der Waals surface area (Å²) in [5.41, 5.74) is 2.83. The van der Waals surface area contributed by atoms with E-state index in [2.05, 4.69) is 10.4 Å². The molecule has 3 rings (SSSR count). The van der Waals surface area contributed by atoms with Crippen LogP contribution in [-0.2, 0) is 22.5 Å². The van der Waals surface area contributed by atoms with Gasteiger partial charge in [-0.3, -0.25) is 9.48 Å². The van der Waals surface area contributed by atoms with E-state index in [9.17, 15) is 9.59 Å². The van der Waals surface area contributed by atoms with E-state index in [0.717, 1.165) is 17.7 Å². The summed E-state index contributed by atoms with van der Waals surface area (Å²) in [5, 5.41) is 9.21. The lowest BCUT2D eigenvalue weighted by atomic mass is 10.2. The normalized spacial score (nSPS) is 10.6. The molecular formula is C21H23N3O3S. The van der Waals surface area contributed by atoms with Crippen molar-refractivity contribution in [1.29, 1.82) is 0 Å². The molecule has 2 heterocycles. The third-order valence-corrected chi connectivity index (χ3v) is 5.30. The molecule has 0 atom stereocenters. The molecule has 0 aliphatic rings. The van der Waals surface area contributed by atoms with Gasteiger partial charge in [0.1, 0.15) is 5.56 Å². The van der Waals surface area contributed by atoms with E-state index in [4.69, 9.17) is 4.74 Å². The molecule has 3 aromatic rings. The molecule has 0 aliphatic heterocycles. The number of benzene rings is 1. The van der Waals surface area contributed by atoms with Crippen molar-refractivity contribution in [1.82, 2.24) is 15.1 Å². The van der Waals surface area contributed by atoms with Gasteiger partial charge in [-0.1, -0.05) is 36.4 Å². The zero-order valence-electron chi connectivity index (χ0n) is 16.0. The molecule has 0 saturated heterocycles. The highest BCUT2D eigenvalue weighted by Crippen LogP contribution is 2.16. The fraction of sp³-hybridized carbons (Fsp3) is 0.286. The number of nitrogens with one attached hydrogen (secondary N) is 1. The topological polar surface area (TPSA) is 73.2 Å². The first-order valence-corrected chi connectivity index (χ1v) is 9.96. The van der Waals surface area contributed by atoms with Crippen LogP contribution in [0.25, 0.3) is 0 Å². The molecule has 0 unspecified atom stereocenters. The smallest absolute Gasteiger partial charge is 0.342 e. The number of ether oxygens (including phenoxy) is 1. The maximum Gasteiger partial charge on any atom is 0.342 e. The van der Waals surface area contributed by atoms with Crippen LogP contribution in [0.2, 0.25) is 0 Å². The summed E-state index contributed by atoms with van der Waals surface area (Å²) >= 11 is 1.65. The van der Waals surface area contributed by atoms with Gasteiger partial charge in [-0.05, 0) is 37.3 Å². The molecule has 146 valence electrons. The van der Waals surface area contributed by atoms with Crippen LogP contribution in [0.15, 0.2) is 47.8 Å². The summed E-state index contributed by atoms with van der Waals surface area (Å²) < 4.78 is 6.98. The van der Waals surface area contributed by atoms with Crippen molar-refractivity contribution in [2.75, 3.05) is 13.2 Å². The van der Waals surface area contributed by atoms with Gasteiger partial charge in [-0.25, -0.2) is 4.79 Å². The van der Waals surface area contributed by atoms with Crippen LogP contribution in [0.4, 0.5) is 0 Å². The predicted molar refractivity (Wildman–Crippen MR) is 109 cm³/mol. The number of nitrogens with zero attached hydrogens (tertiary/aromatic N) is 2. The minimum atomic E-state index is -0.525. The Labute approximate surface area is 168 Å². The number of carbonyl (C=O) groups excluding carboxylic acids is 2. The minimum absolute atomic E-state index is 0.300. The fourth-order valence-corrected chi connectivity index (χ4v) is 3.65. The van der Waals surface area contributed by atoms with Crippen molar-refractivity contribution in [3.63, 3.8) is 0 Å². The van der Waals surface area contributed by atoms with Crippen LogP contribution in [0, 0.1) is 13.8 Å². The molecule has 1 amide bonds. The first kappa shape index (κ1) is 19.8. The Hall–Kier alpha value is -2.93. The van der Waals surface area contributed by atoms with E-state index in [0.29, 0.717) is 24.3 Å². The minimum Gasteiger partial charge on any atom is -0.452 e. The first-order valence-electron chi connectivity index (χ1n) is 9.08. The lowest BCUT2D eigenvalue weighted by Crippen LogP contribution is -2.30. The largest absolute Gasteiger partial charge is 0.452 e. The van der Waals surface area contributed by atoms with Crippen molar-refractivity contribution in [2.24, 2.45) is 0 Å². The van der Waals surface area contributed by atoms with Crippen molar-refractivity contribution in [3.05, 3.63) is 75.2 Å². The van der Waals surface area contributed by atoms with Crippen LogP contribution >= 0.6 is 11.3 Å². The fourth-order valence-electron chi connectivity index (χ4n) is 2.94. The van der Waals surface area contributed by atoms with Gasteiger partial charge in [0.15, 0.2) is 6.61 Å². The Kier molecular flexibility index (Phi) is 6.60. The summed E-state index contributed by atoms with van der Waals surface area (Å²) in [4.78, 5) is 25.6.